The molecule has 1 aromatic rings. The van der Waals surface area contributed by atoms with Gasteiger partial charge in [0.25, 0.3) is 5.91 Å². The molecule has 0 aliphatic rings. The molecule has 0 atom stereocenters. The van der Waals surface area contributed by atoms with Crippen LogP contribution in [0.4, 0.5) is 5.69 Å². The Morgan fingerprint density at radius 1 is 1.35 bits per heavy atom. The molecule has 5 heteroatoms. The Bertz CT molecular complexity index is 435. The molecule has 0 unspecified atom stereocenters. The average molecular weight is 298 g/mol. The number of halogens is 1. The lowest BCUT2D eigenvalue weighted by Gasteiger charge is -2.08. The number of nitrogens with zero attached hydrogens (tertiary/aromatic N) is 1. The van der Waals surface area contributed by atoms with Gasteiger partial charge in [0.2, 0.25) is 0 Å². The lowest BCUT2D eigenvalue weighted by molar-refractivity contribution is 0.0953. The van der Waals surface area contributed by atoms with Gasteiger partial charge in [0.15, 0.2) is 0 Å². The summed E-state index contributed by atoms with van der Waals surface area (Å²) in [5, 5.41) is 3.14. The summed E-state index contributed by atoms with van der Waals surface area (Å²) >= 11 is 5.76. The second kappa shape index (κ2) is 8.80. The van der Waals surface area contributed by atoms with E-state index in [-0.39, 0.29) is 11.1 Å². The molecule has 0 aromatic carbocycles. The van der Waals surface area contributed by atoms with Gasteiger partial charge in [-0.2, -0.15) is 0 Å². The molecule has 0 spiro atoms. The predicted molar refractivity (Wildman–Crippen MR) is 83.9 cm³/mol. The molecule has 0 fully saturated rings. The van der Waals surface area contributed by atoms with Crippen molar-refractivity contribution in [2.24, 2.45) is 5.92 Å². The third-order valence-electron chi connectivity index (χ3n) is 3.14. The van der Waals surface area contributed by atoms with Crippen LogP contribution in [0.5, 0.6) is 0 Å². The van der Waals surface area contributed by atoms with Crippen LogP contribution in [0.2, 0.25) is 5.15 Å². The number of carbonyl (C=O) groups excluding carboxylic acids is 1. The Kier molecular flexibility index (Phi) is 7.37. The fourth-order valence-corrected chi connectivity index (χ4v) is 2.12. The van der Waals surface area contributed by atoms with E-state index in [0.717, 1.165) is 18.8 Å². The lowest BCUT2D eigenvalue weighted by Crippen LogP contribution is -2.25. The number of aromatic nitrogens is 1. The minimum absolute atomic E-state index is 0.186. The van der Waals surface area contributed by atoms with Crippen LogP contribution in [0.1, 0.15) is 56.3 Å². The number of unbranched alkanes of at least 4 members (excludes halogenated alkanes) is 3. The van der Waals surface area contributed by atoms with Crippen molar-refractivity contribution in [2.45, 2.75) is 46.0 Å². The van der Waals surface area contributed by atoms with Crippen LogP contribution < -0.4 is 11.1 Å². The van der Waals surface area contributed by atoms with E-state index in [1.165, 1.54) is 31.5 Å². The van der Waals surface area contributed by atoms with E-state index >= 15 is 0 Å². The second-order valence-corrected chi connectivity index (χ2v) is 5.83. The largest absolute Gasteiger partial charge is 0.397 e. The number of hydrogen-bond acceptors (Lipinski definition) is 3. The summed E-state index contributed by atoms with van der Waals surface area (Å²) in [6.45, 7) is 5.15. The zero-order valence-electron chi connectivity index (χ0n) is 12.3. The molecule has 3 N–H and O–H groups in total. The number of pyridine rings is 1. The van der Waals surface area contributed by atoms with Crippen molar-refractivity contribution in [3.8, 4) is 0 Å². The highest BCUT2D eigenvalue weighted by molar-refractivity contribution is 6.29. The maximum absolute atomic E-state index is 11.9. The van der Waals surface area contributed by atoms with Crippen LogP contribution in [0.3, 0.4) is 0 Å². The first-order valence-corrected chi connectivity index (χ1v) is 7.57. The van der Waals surface area contributed by atoms with Crippen molar-refractivity contribution in [3.05, 3.63) is 23.0 Å². The molecule has 0 aliphatic carbocycles. The molecule has 1 amide bonds. The first-order chi connectivity index (χ1) is 9.50. The van der Waals surface area contributed by atoms with Gasteiger partial charge in [-0.05, 0) is 18.4 Å². The van der Waals surface area contributed by atoms with Crippen LogP contribution in [-0.2, 0) is 0 Å². The first-order valence-electron chi connectivity index (χ1n) is 7.20. The highest BCUT2D eigenvalue weighted by Crippen LogP contribution is 2.14. The van der Waals surface area contributed by atoms with Gasteiger partial charge < -0.3 is 11.1 Å². The molecule has 112 valence electrons. The van der Waals surface area contributed by atoms with Gasteiger partial charge in [-0.15, -0.1) is 0 Å². The summed E-state index contributed by atoms with van der Waals surface area (Å²) in [4.78, 5) is 15.7. The highest BCUT2D eigenvalue weighted by Gasteiger charge is 2.10. The van der Waals surface area contributed by atoms with Crippen molar-refractivity contribution in [2.75, 3.05) is 12.3 Å². The molecule has 1 heterocycles. The van der Waals surface area contributed by atoms with E-state index in [0.29, 0.717) is 17.8 Å². The normalized spacial score (nSPS) is 10.8. The van der Waals surface area contributed by atoms with Crippen LogP contribution in [0.15, 0.2) is 12.3 Å². The van der Waals surface area contributed by atoms with Crippen LogP contribution in [-0.4, -0.2) is 17.4 Å². The Labute approximate surface area is 126 Å². The smallest absolute Gasteiger partial charge is 0.253 e. The quantitative estimate of drug-likeness (QED) is 0.568. The minimum atomic E-state index is -0.186. The Morgan fingerprint density at radius 3 is 2.75 bits per heavy atom. The van der Waals surface area contributed by atoms with E-state index < -0.39 is 0 Å². The fraction of sp³-hybridized carbons (Fsp3) is 0.600. The third-order valence-corrected chi connectivity index (χ3v) is 3.35. The molecular formula is C15H24ClN3O. The molecule has 0 saturated carbocycles. The van der Waals surface area contributed by atoms with Crippen LogP contribution >= 0.6 is 11.6 Å². The molecule has 1 aromatic heterocycles. The van der Waals surface area contributed by atoms with E-state index in [9.17, 15) is 4.79 Å². The highest BCUT2D eigenvalue weighted by atomic mass is 35.5. The second-order valence-electron chi connectivity index (χ2n) is 5.45. The van der Waals surface area contributed by atoms with Gasteiger partial charge in [0, 0.05) is 6.54 Å². The topological polar surface area (TPSA) is 68.0 Å². The maximum atomic E-state index is 11.9. The van der Waals surface area contributed by atoms with Crippen molar-refractivity contribution in [3.63, 3.8) is 0 Å². The average Bonchev–Trinajstić information content (AvgIpc) is 2.39. The zero-order valence-corrected chi connectivity index (χ0v) is 13.0. The summed E-state index contributed by atoms with van der Waals surface area (Å²) in [6.07, 6.45) is 7.29. The zero-order chi connectivity index (χ0) is 15.0. The number of carbonyl (C=O) groups is 1. The van der Waals surface area contributed by atoms with E-state index in [4.69, 9.17) is 17.3 Å². The number of nitrogens with two attached hydrogens (primary N) is 1. The van der Waals surface area contributed by atoms with Gasteiger partial charge in [-0.3, -0.25) is 4.79 Å². The molecular weight excluding hydrogens is 274 g/mol. The summed E-state index contributed by atoms with van der Waals surface area (Å²) in [5.41, 5.74) is 6.45. The maximum Gasteiger partial charge on any atom is 0.253 e. The number of rotatable bonds is 8. The Hall–Kier alpha value is -1.29. The van der Waals surface area contributed by atoms with Crippen LogP contribution in [0.25, 0.3) is 0 Å². The van der Waals surface area contributed by atoms with Crippen molar-refractivity contribution in [1.29, 1.82) is 0 Å². The van der Waals surface area contributed by atoms with Crippen molar-refractivity contribution >= 4 is 23.2 Å². The van der Waals surface area contributed by atoms with Gasteiger partial charge in [-0.25, -0.2) is 4.98 Å². The summed E-state index contributed by atoms with van der Waals surface area (Å²) < 4.78 is 0. The van der Waals surface area contributed by atoms with Crippen molar-refractivity contribution in [1.82, 2.24) is 10.3 Å². The van der Waals surface area contributed by atoms with Gasteiger partial charge >= 0.3 is 0 Å². The third kappa shape index (κ3) is 6.24. The Morgan fingerprint density at radius 2 is 2.05 bits per heavy atom. The lowest BCUT2D eigenvalue weighted by atomic mass is 10.0. The van der Waals surface area contributed by atoms with Gasteiger partial charge in [0.05, 0.1) is 17.4 Å². The molecule has 1 rings (SSSR count). The monoisotopic (exact) mass is 297 g/mol. The summed E-state index contributed by atoms with van der Waals surface area (Å²) in [5.74, 6) is 0.586. The minimum Gasteiger partial charge on any atom is -0.397 e. The van der Waals surface area contributed by atoms with E-state index in [1.807, 2.05) is 0 Å². The molecule has 20 heavy (non-hydrogen) atoms. The fourth-order valence-electron chi connectivity index (χ4n) is 1.97. The standard InChI is InChI=1S/C15H24ClN3O/c1-11(2)7-5-3-4-6-8-18-15(20)12-9-14(16)19-10-13(12)17/h9-11H,3-8,17H2,1-2H3,(H,18,20). The molecule has 0 bridgehead atoms. The van der Waals surface area contributed by atoms with Crippen LogP contribution in [0, 0.1) is 5.92 Å². The SMILES string of the molecule is CC(C)CCCCCCNC(=O)c1cc(Cl)ncc1N. The number of anilines is 1. The van der Waals surface area contributed by atoms with Crippen molar-refractivity contribution < 1.29 is 4.79 Å². The number of amides is 1. The van der Waals surface area contributed by atoms with Gasteiger partial charge in [0.1, 0.15) is 5.15 Å². The summed E-state index contributed by atoms with van der Waals surface area (Å²) in [6, 6.07) is 1.49. The predicted octanol–water partition coefficient (Wildman–Crippen LogP) is 3.65. The molecule has 0 saturated heterocycles. The molecule has 4 nitrogen and oxygen atoms in total. The first kappa shape index (κ1) is 16.8. The van der Waals surface area contributed by atoms with E-state index in [2.05, 4.69) is 24.1 Å². The van der Waals surface area contributed by atoms with Gasteiger partial charge in [-0.1, -0.05) is 51.1 Å². The summed E-state index contributed by atoms with van der Waals surface area (Å²) in [7, 11) is 0. The molecule has 0 radical (unpaired) electrons. The van der Waals surface area contributed by atoms with E-state index in [1.54, 1.807) is 0 Å². The molecule has 0 aliphatic heterocycles. The number of nitrogen functional groups attached to an aromatic ring is 1. The Balaban J connectivity index is 2.22. The number of hydrogen-bond donors (Lipinski definition) is 2. The number of nitrogens with one attached hydrogen (secondary N) is 1.